The molecule has 10 heteroatoms. The van der Waals surface area contributed by atoms with Crippen molar-refractivity contribution >= 4 is 22.5 Å². The van der Waals surface area contributed by atoms with Gasteiger partial charge in [-0.05, 0) is 31.0 Å². The van der Waals surface area contributed by atoms with Gasteiger partial charge in [-0.3, -0.25) is 0 Å². The van der Waals surface area contributed by atoms with Crippen LogP contribution in [0.4, 0.5) is 11.6 Å². The van der Waals surface area contributed by atoms with E-state index in [1.54, 1.807) is 26.4 Å². The lowest BCUT2D eigenvalue weighted by molar-refractivity contribution is 0.0838. The molecule has 0 spiro atoms. The van der Waals surface area contributed by atoms with Crippen LogP contribution in [0.1, 0.15) is 24.5 Å². The van der Waals surface area contributed by atoms with Crippen molar-refractivity contribution in [2.75, 3.05) is 38.1 Å². The zero-order valence-corrected chi connectivity index (χ0v) is 20.1. The molecule has 186 valence electrons. The van der Waals surface area contributed by atoms with Crippen molar-refractivity contribution in [1.29, 1.82) is 0 Å². The summed E-state index contributed by atoms with van der Waals surface area (Å²) in [4.78, 5) is 8.63. The van der Waals surface area contributed by atoms with Gasteiger partial charge in [0.15, 0.2) is 11.5 Å². The Morgan fingerprint density at radius 3 is 2.61 bits per heavy atom. The highest BCUT2D eigenvalue weighted by atomic mass is 16.5. The van der Waals surface area contributed by atoms with E-state index >= 15 is 0 Å². The van der Waals surface area contributed by atoms with Crippen LogP contribution in [0, 0.1) is 0 Å². The highest BCUT2D eigenvalue weighted by molar-refractivity contribution is 5.87. The van der Waals surface area contributed by atoms with Crippen LogP contribution in [0.3, 0.4) is 0 Å². The number of benzene rings is 2. The monoisotopic (exact) mass is 489 g/mol. The summed E-state index contributed by atoms with van der Waals surface area (Å²) in [7, 11) is 3.16. The summed E-state index contributed by atoms with van der Waals surface area (Å²) in [5, 5.41) is 11.2. The third-order valence-electron chi connectivity index (χ3n) is 5.89. The Balaban J connectivity index is 1.27. The third-order valence-corrected chi connectivity index (χ3v) is 5.89. The zero-order valence-electron chi connectivity index (χ0n) is 20.1. The molecule has 0 bridgehead atoms. The van der Waals surface area contributed by atoms with Crippen LogP contribution in [-0.4, -0.2) is 42.6 Å². The third kappa shape index (κ3) is 5.18. The molecule has 0 aliphatic carbocycles. The van der Waals surface area contributed by atoms with Crippen molar-refractivity contribution in [2.45, 2.75) is 18.8 Å². The summed E-state index contributed by atoms with van der Waals surface area (Å²) in [6, 6.07) is 12.9. The number of rotatable bonds is 9. The average molecular weight is 490 g/mol. The quantitative estimate of drug-likeness (QED) is 0.320. The number of ether oxygens (including phenoxy) is 4. The fraction of sp³-hybridized carbons (Fsp3) is 0.269. The zero-order chi connectivity index (χ0) is 24.9. The molecule has 36 heavy (non-hydrogen) atoms. The maximum Gasteiger partial charge on any atom is 0.230 e. The first-order valence-corrected chi connectivity index (χ1v) is 11.5. The molecule has 0 amide bonds. The fourth-order valence-electron chi connectivity index (χ4n) is 4.08. The maximum atomic E-state index is 6.10. The molecule has 2 aromatic heterocycles. The Labute approximate surface area is 208 Å². The van der Waals surface area contributed by atoms with E-state index in [0.29, 0.717) is 51.7 Å². The lowest BCUT2D eigenvalue weighted by Crippen LogP contribution is -2.14. The first-order valence-electron chi connectivity index (χ1n) is 11.5. The minimum atomic E-state index is 0.354. The van der Waals surface area contributed by atoms with Gasteiger partial charge in [-0.15, -0.1) is 0 Å². The molecular formula is C26H27N5O5. The Morgan fingerprint density at radius 2 is 1.81 bits per heavy atom. The van der Waals surface area contributed by atoms with Gasteiger partial charge in [0, 0.05) is 43.0 Å². The SMILES string of the molecule is C=C(Nc1cccc(Oc2ncnc3cc(OC)c(OC)cc23)c1)Nc1cc(C2CCOCC2)no1. The molecule has 3 heterocycles. The van der Waals surface area contributed by atoms with Crippen LogP contribution in [0.5, 0.6) is 23.1 Å². The van der Waals surface area contributed by atoms with E-state index in [4.69, 9.17) is 23.5 Å². The molecule has 0 radical (unpaired) electrons. The summed E-state index contributed by atoms with van der Waals surface area (Å²) < 4.78 is 27.7. The smallest absolute Gasteiger partial charge is 0.230 e. The topological polar surface area (TPSA) is 113 Å². The number of methoxy groups -OCH3 is 2. The van der Waals surface area contributed by atoms with E-state index in [-0.39, 0.29) is 0 Å². The number of hydrogen-bond acceptors (Lipinski definition) is 10. The van der Waals surface area contributed by atoms with Crippen LogP contribution >= 0.6 is 0 Å². The van der Waals surface area contributed by atoms with Crippen LogP contribution in [0.2, 0.25) is 0 Å². The summed E-state index contributed by atoms with van der Waals surface area (Å²) >= 11 is 0. The molecule has 0 unspecified atom stereocenters. The molecule has 2 N–H and O–H groups in total. The molecule has 0 saturated carbocycles. The number of nitrogens with one attached hydrogen (secondary N) is 2. The predicted molar refractivity (Wildman–Crippen MR) is 135 cm³/mol. The highest BCUT2D eigenvalue weighted by Gasteiger charge is 2.20. The maximum absolute atomic E-state index is 6.10. The molecule has 5 rings (SSSR count). The molecule has 1 aliphatic rings. The van der Waals surface area contributed by atoms with Crippen molar-refractivity contribution in [1.82, 2.24) is 15.1 Å². The van der Waals surface area contributed by atoms with Gasteiger partial charge in [0.05, 0.1) is 30.8 Å². The van der Waals surface area contributed by atoms with Crippen LogP contribution in [0.15, 0.2) is 65.7 Å². The van der Waals surface area contributed by atoms with Gasteiger partial charge in [0.1, 0.15) is 17.9 Å². The fourth-order valence-corrected chi connectivity index (χ4v) is 4.08. The van der Waals surface area contributed by atoms with Crippen molar-refractivity contribution in [2.24, 2.45) is 0 Å². The van der Waals surface area contributed by atoms with E-state index in [0.717, 1.165) is 37.4 Å². The minimum Gasteiger partial charge on any atom is -0.493 e. The lowest BCUT2D eigenvalue weighted by Gasteiger charge is -2.19. The second-order valence-corrected chi connectivity index (χ2v) is 8.26. The Morgan fingerprint density at radius 1 is 1.00 bits per heavy atom. The number of hydrogen-bond donors (Lipinski definition) is 2. The van der Waals surface area contributed by atoms with Crippen LogP contribution in [-0.2, 0) is 4.74 Å². The number of aromatic nitrogens is 3. The van der Waals surface area contributed by atoms with Crippen molar-refractivity contribution in [3.05, 3.63) is 66.9 Å². The summed E-state index contributed by atoms with van der Waals surface area (Å²) in [5.74, 6) is 3.55. The van der Waals surface area contributed by atoms with Crippen molar-refractivity contribution in [3.63, 3.8) is 0 Å². The first kappa shape index (κ1) is 23.4. The van der Waals surface area contributed by atoms with Gasteiger partial charge >= 0.3 is 0 Å². The van der Waals surface area contributed by atoms with Crippen molar-refractivity contribution < 1.29 is 23.5 Å². The van der Waals surface area contributed by atoms with Gasteiger partial charge in [0.2, 0.25) is 11.8 Å². The molecule has 1 saturated heterocycles. The van der Waals surface area contributed by atoms with E-state index in [2.05, 4.69) is 32.3 Å². The predicted octanol–water partition coefficient (Wildman–Crippen LogP) is 5.32. The second kappa shape index (κ2) is 10.5. The molecule has 4 aromatic rings. The Bertz CT molecular complexity index is 1370. The summed E-state index contributed by atoms with van der Waals surface area (Å²) in [6.07, 6.45) is 3.34. The largest absolute Gasteiger partial charge is 0.493 e. The van der Waals surface area contributed by atoms with Crippen LogP contribution in [0.25, 0.3) is 10.9 Å². The van der Waals surface area contributed by atoms with Gasteiger partial charge in [-0.2, -0.15) is 0 Å². The molecule has 2 aromatic carbocycles. The summed E-state index contributed by atoms with van der Waals surface area (Å²) in [5.41, 5.74) is 2.37. The van der Waals surface area contributed by atoms with Gasteiger partial charge in [0.25, 0.3) is 0 Å². The molecule has 1 fully saturated rings. The van der Waals surface area contributed by atoms with E-state index in [1.807, 2.05) is 30.3 Å². The van der Waals surface area contributed by atoms with Crippen LogP contribution < -0.4 is 24.8 Å². The molecule has 1 aliphatic heterocycles. The minimum absolute atomic E-state index is 0.354. The number of nitrogens with zero attached hydrogens (tertiary/aromatic N) is 3. The summed E-state index contributed by atoms with van der Waals surface area (Å²) in [6.45, 7) is 5.54. The normalized spacial score (nSPS) is 13.8. The van der Waals surface area contributed by atoms with Crippen molar-refractivity contribution in [3.8, 4) is 23.1 Å². The standard InChI is InChI=1S/C26H27N5O5/c1-16(30-25-14-21(31-36-25)17-7-9-34-10-8-17)29-18-5-4-6-19(11-18)35-26-20-12-23(32-2)24(33-3)13-22(20)27-15-28-26/h4-6,11-15,17,29-30H,1,7-10H2,2-3H3. The molecule has 0 atom stereocenters. The molecular weight excluding hydrogens is 462 g/mol. The lowest BCUT2D eigenvalue weighted by atomic mass is 9.97. The van der Waals surface area contributed by atoms with E-state index < -0.39 is 0 Å². The van der Waals surface area contributed by atoms with E-state index in [9.17, 15) is 0 Å². The molecule has 10 nitrogen and oxygen atoms in total. The first-order chi connectivity index (χ1) is 17.6. The Hall–Kier alpha value is -4.31. The number of anilines is 2. The van der Waals surface area contributed by atoms with Gasteiger partial charge in [-0.1, -0.05) is 17.8 Å². The second-order valence-electron chi connectivity index (χ2n) is 8.26. The van der Waals surface area contributed by atoms with E-state index in [1.165, 1.54) is 6.33 Å². The number of fused-ring (bicyclic) bond motifs is 1. The Kier molecular flexibility index (Phi) is 6.85. The highest BCUT2D eigenvalue weighted by Crippen LogP contribution is 2.36. The average Bonchev–Trinajstić information content (AvgIpc) is 3.37. The van der Waals surface area contributed by atoms with Gasteiger partial charge in [-0.25, -0.2) is 9.97 Å². The van der Waals surface area contributed by atoms with Gasteiger partial charge < -0.3 is 34.1 Å².